The maximum Gasteiger partial charge on any atom is 0.364 e. The second-order valence-electron chi connectivity index (χ2n) is 10.8. The molecule has 0 fully saturated rings. The molecule has 2 unspecified atom stereocenters. The lowest BCUT2D eigenvalue weighted by Gasteiger charge is -2.34. The number of rotatable bonds is 16. The van der Waals surface area contributed by atoms with Gasteiger partial charge >= 0.3 is 5.30 Å². The maximum absolute atomic E-state index is 13.6. The summed E-state index contributed by atoms with van der Waals surface area (Å²) in [5, 5.41) is 6.86. The molecule has 2 atom stereocenters. The molecule has 9 nitrogen and oxygen atoms in total. The van der Waals surface area contributed by atoms with Gasteiger partial charge in [0, 0.05) is 44.5 Å². The van der Waals surface area contributed by atoms with Crippen LogP contribution in [-0.2, 0) is 20.8 Å². The molecule has 2 rings (SSSR count). The molecular weight excluding hydrogens is 590 g/mol. The van der Waals surface area contributed by atoms with Gasteiger partial charge in [0.25, 0.3) is 0 Å². The molecule has 0 spiro atoms. The van der Waals surface area contributed by atoms with Gasteiger partial charge in [-0.1, -0.05) is 66.0 Å². The van der Waals surface area contributed by atoms with E-state index in [4.69, 9.17) is 14.6 Å². The summed E-state index contributed by atoms with van der Waals surface area (Å²) in [6, 6.07) is 5.36. The number of carboxylic acid groups (broad SMARTS) is 1. The van der Waals surface area contributed by atoms with Crippen LogP contribution in [0.25, 0.3) is 0 Å². The predicted octanol–water partition coefficient (Wildman–Crippen LogP) is 7.79. The van der Waals surface area contributed by atoms with Gasteiger partial charge in [0.2, 0.25) is 18.3 Å². The number of aromatic nitrogens is 1. The molecule has 10 heteroatoms. The van der Waals surface area contributed by atoms with Crippen molar-refractivity contribution in [1.82, 2.24) is 14.4 Å². The third-order valence-corrected chi connectivity index (χ3v) is 7.64. The van der Waals surface area contributed by atoms with Crippen molar-refractivity contribution >= 4 is 23.0 Å². The fraction of sp³-hybridized carbons (Fsp3) is 0.629. The molecule has 0 saturated heterocycles. The van der Waals surface area contributed by atoms with E-state index >= 15 is 0 Å². The van der Waals surface area contributed by atoms with E-state index in [1.54, 1.807) is 23.0 Å². The van der Waals surface area contributed by atoms with Crippen LogP contribution in [0.3, 0.4) is 0 Å². The van der Waals surface area contributed by atoms with E-state index in [1.807, 2.05) is 45.2 Å². The van der Waals surface area contributed by atoms with Gasteiger partial charge in [-0.05, 0) is 80.8 Å². The summed E-state index contributed by atoms with van der Waals surface area (Å²) in [5.41, 5.74) is 1.12. The van der Waals surface area contributed by atoms with Gasteiger partial charge in [-0.15, -0.1) is 0 Å². The number of carbonyl (C=O) groups excluding carboxylic acids is 1. The van der Waals surface area contributed by atoms with E-state index < -0.39 is 5.30 Å². The van der Waals surface area contributed by atoms with Crippen molar-refractivity contribution in [3.05, 3.63) is 70.6 Å². The second-order valence-corrected chi connectivity index (χ2v) is 11.5. The molecule has 0 radical (unpaired) electrons. The summed E-state index contributed by atoms with van der Waals surface area (Å²) in [4.78, 5) is 39.5. The van der Waals surface area contributed by atoms with E-state index in [0.717, 1.165) is 81.3 Å². The maximum atomic E-state index is 13.6. The van der Waals surface area contributed by atoms with Crippen molar-refractivity contribution in [1.29, 1.82) is 0 Å². The highest BCUT2D eigenvalue weighted by Crippen LogP contribution is 2.19. The number of hydrogen-bond acceptors (Lipinski definition) is 7. The molecule has 0 aliphatic carbocycles. The minimum Gasteiger partial charge on any atom is -0.473 e. The number of amides is 1. The normalized spacial score (nSPS) is 16.9. The number of nitrogens with zero attached hydrogens (tertiary/aromatic N) is 3. The Balaban J connectivity index is 0.00000251. The second kappa shape index (κ2) is 26.3. The summed E-state index contributed by atoms with van der Waals surface area (Å²) in [7, 11) is 0. The molecule has 256 valence electrons. The van der Waals surface area contributed by atoms with Gasteiger partial charge in [-0.2, -0.15) is 0 Å². The topological polar surface area (TPSA) is 101 Å². The van der Waals surface area contributed by atoms with Crippen LogP contribution >= 0.6 is 11.8 Å². The Morgan fingerprint density at radius 3 is 2.36 bits per heavy atom. The summed E-state index contributed by atoms with van der Waals surface area (Å²) in [6.45, 7) is 18.1. The Morgan fingerprint density at radius 1 is 1.07 bits per heavy atom. The average Bonchev–Trinajstić information content (AvgIpc) is 3.14. The number of carbonyl (C=O) groups is 2. The fourth-order valence-electron chi connectivity index (χ4n) is 4.49. The Bertz CT molecular complexity index is 1100. The van der Waals surface area contributed by atoms with Gasteiger partial charge in [-0.25, -0.2) is 4.79 Å². The number of unbranched alkanes of at least 4 members (excludes halogenated alkanes) is 3. The number of hydrogen-bond donors (Lipinski definition) is 1. The number of pyridine rings is 1. The van der Waals surface area contributed by atoms with Crippen LogP contribution < -0.4 is 5.56 Å². The van der Waals surface area contributed by atoms with Gasteiger partial charge in [0.1, 0.15) is 0 Å². The largest absolute Gasteiger partial charge is 0.473 e. The minimum absolute atomic E-state index is 0.00242. The quantitative estimate of drug-likeness (QED) is 0.181. The van der Waals surface area contributed by atoms with Gasteiger partial charge in [0.15, 0.2) is 0 Å². The Morgan fingerprint density at radius 2 is 1.73 bits per heavy atom. The molecule has 1 aromatic heterocycles. The molecule has 1 aliphatic heterocycles. The highest BCUT2D eigenvalue weighted by atomic mass is 32.2. The summed E-state index contributed by atoms with van der Waals surface area (Å²) in [5.74, 6) is 1.15. The molecule has 1 aromatic rings. The first-order chi connectivity index (χ1) is 21.6. The van der Waals surface area contributed by atoms with Crippen molar-refractivity contribution in [2.75, 3.05) is 39.2 Å². The average molecular weight is 650 g/mol. The summed E-state index contributed by atoms with van der Waals surface area (Å²) in [6.07, 6.45) is 17.2. The van der Waals surface area contributed by atoms with E-state index in [2.05, 4.69) is 43.6 Å². The van der Waals surface area contributed by atoms with Crippen LogP contribution in [0.5, 0.6) is 0 Å². The lowest BCUT2D eigenvalue weighted by atomic mass is 9.98. The SMILES string of the molecule is CC.CCCCCN(CCCC)C(=O)CN(CC(C)C1=C/C=C(\C)OCO\C=C\1)C(C)CCn1ccccc1=O.CSC(=O)O. The van der Waals surface area contributed by atoms with Crippen molar-refractivity contribution in [3.63, 3.8) is 0 Å². The first-order valence-electron chi connectivity index (χ1n) is 16.4. The fourth-order valence-corrected chi connectivity index (χ4v) is 4.49. The summed E-state index contributed by atoms with van der Waals surface area (Å²) < 4.78 is 12.7. The standard InChI is InChI=1S/C31H49N3O4.C2H4O2S.C2H6/c1-6-8-11-19-32(18-9-7-2)31(36)24-34(27(4)16-21-33-20-12-10-13-30(33)35)23-26(3)29-15-14-28(5)38-25-37-22-17-29;1-5-2(3)4;1-2/h10,12-15,17,20,22,26-27H,6-9,11,16,18-19,21,23-25H2,1-5H3;1H3,(H,3,4);1-2H3/b22-17+,28-14+,29-15+;;. The third kappa shape index (κ3) is 19.2. The van der Waals surface area contributed by atoms with Crippen molar-refractivity contribution in [3.8, 4) is 0 Å². The molecule has 0 aromatic carbocycles. The summed E-state index contributed by atoms with van der Waals surface area (Å²) >= 11 is 0.796. The zero-order chi connectivity index (χ0) is 34.0. The molecule has 1 amide bonds. The van der Waals surface area contributed by atoms with Crippen molar-refractivity contribution < 1.29 is 24.2 Å². The molecule has 0 bridgehead atoms. The number of thioether (sulfide) groups is 1. The molecule has 0 saturated carbocycles. The minimum atomic E-state index is -0.829. The van der Waals surface area contributed by atoms with Crippen LogP contribution in [0.1, 0.15) is 87.0 Å². The third-order valence-electron chi connectivity index (χ3n) is 7.29. The first kappa shape index (κ1) is 42.0. The van der Waals surface area contributed by atoms with E-state index in [1.165, 1.54) is 6.26 Å². The van der Waals surface area contributed by atoms with Gasteiger partial charge in [0.05, 0.1) is 18.6 Å². The van der Waals surface area contributed by atoms with E-state index in [9.17, 15) is 14.4 Å². The molecule has 1 N–H and O–H groups in total. The Kier molecular flexibility index (Phi) is 24.5. The van der Waals surface area contributed by atoms with Crippen LogP contribution in [0, 0.1) is 5.92 Å². The molecule has 2 heterocycles. The van der Waals surface area contributed by atoms with E-state index in [0.29, 0.717) is 13.1 Å². The van der Waals surface area contributed by atoms with Gasteiger partial charge < -0.3 is 24.0 Å². The molecular formula is C35H59N3O6S. The smallest absolute Gasteiger partial charge is 0.364 e. The van der Waals surface area contributed by atoms with E-state index in [-0.39, 0.29) is 30.2 Å². The Hall–Kier alpha value is -2.98. The zero-order valence-electron chi connectivity index (χ0n) is 29.0. The van der Waals surface area contributed by atoms with Crippen molar-refractivity contribution in [2.24, 2.45) is 5.92 Å². The highest BCUT2D eigenvalue weighted by molar-refractivity contribution is 8.12. The Labute approximate surface area is 276 Å². The van der Waals surface area contributed by atoms with Crippen LogP contribution in [0.2, 0.25) is 0 Å². The lowest BCUT2D eigenvalue weighted by Crippen LogP contribution is -2.46. The lowest BCUT2D eigenvalue weighted by molar-refractivity contribution is -0.133. The first-order valence-corrected chi connectivity index (χ1v) is 17.6. The molecule has 45 heavy (non-hydrogen) atoms. The van der Waals surface area contributed by atoms with Crippen LogP contribution in [0.4, 0.5) is 4.79 Å². The van der Waals surface area contributed by atoms with Crippen LogP contribution in [0.15, 0.2) is 65.0 Å². The number of aryl methyl sites for hydroxylation is 1. The molecule has 1 aliphatic rings. The van der Waals surface area contributed by atoms with Gasteiger partial charge in [-0.3, -0.25) is 14.5 Å². The highest BCUT2D eigenvalue weighted by Gasteiger charge is 2.24. The van der Waals surface area contributed by atoms with Crippen LogP contribution in [-0.4, -0.2) is 76.0 Å². The van der Waals surface area contributed by atoms with Crippen molar-refractivity contribution in [2.45, 2.75) is 99.6 Å². The predicted molar refractivity (Wildman–Crippen MR) is 187 cm³/mol. The zero-order valence-corrected chi connectivity index (χ0v) is 29.8. The monoisotopic (exact) mass is 649 g/mol. The number of ether oxygens (including phenoxy) is 2. The number of allylic oxidation sites excluding steroid dienone is 4.